The van der Waals surface area contributed by atoms with Crippen LogP contribution in [0.25, 0.3) is 0 Å². The molecule has 0 spiro atoms. The summed E-state index contributed by atoms with van der Waals surface area (Å²) in [4.78, 5) is 12.6. The van der Waals surface area contributed by atoms with Crippen LogP contribution in [0.15, 0.2) is 0 Å². The van der Waals surface area contributed by atoms with Gasteiger partial charge < -0.3 is 15.7 Å². The van der Waals surface area contributed by atoms with Crippen molar-refractivity contribution in [2.75, 3.05) is 19.6 Å². The summed E-state index contributed by atoms with van der Waals surface area (Å²) in [5.41, 5.74) is 5.79. The van der Waals surface area contributed by atoms with Gasteiger partial charge in [-0.25, -0.2) is 0 Å². The lowest BCUT2D eigenvalue weighted by atomic mass is 10.1. The van der Waals surface area contributed by atoms with Crippen LogP contribution in [0.5, 0.6) is 0 Å². The van der Waals surface area contributed by atoms with Crippen molar-refractivity contribution in [3.05, 3.63) is 0 Å². The second-order valence-electron chi connectivity index (χ2n) is 4.03. The number of unbranched alkanes of at least 4 members (excludes halogenated alkanes) is 1. The molecule has 0 amide bonds. The number of likely N-dealkylation sites (tertiary alicyclic amines) is 1. The molecule has 0 aliphatic carbocycles. The molecule has 1 fully saturated rings. The Hall–Kier alpha value is -0.610. The first kappa shape index (κ1) is 11.5. The first-order chi connectivity index (χ1) is 6.68. The van der Waals surface area contributed by atoms with Crippen molar-refractivity contribution in [3.63, 3.8) is 0 Å². The van der Waals surface area contributed by atoms with Gasteiger partial charge >= 0.3 is 5.97 Å². The van der Waals surface area contributed by atoms with Crippen LogP contribution in [-0.4, -0.2) is 41.7 Å². The first-order valence-corrected chi connectivity index (χ1v) is 5.38. The highest BCUT2D eigenvalue weighted by atomic mass is 16.4. The van der Waals surface area contributed by atoms with E-state index in [0.29, 0.717) is 12.5 Å². The molecule has 1 aliphatic heterocycles. The maximum absolute atomic E-state index is 10.3. The Bertz CT molecular complexity index is 177. The minimum atomic E-state index is -0.689. The minimum Gasteiger partial charge on any atom is -0.481 e. The fraction of sp³-hybridized carbons (Fsp3) is 0.900. The van der Waals surface area contributed by atoms with Crippen molar-refractivity contribution >= 4 is 5.97 Å². The van der Waals surface area contributed by atoms with Crippen LogP contribution in [0, 0.1) is 0 Å². The van der Waals surface area contributed by atoms with Gasteiger partial charge in [0, 0.05) is 12.5 Å². The number of carboxylic acid groups (broad SMARTS) is 1. The van der Waals surface area contributed by atoms with Crippen LogP contribution in [0.4, 0.5) is 0 Å². The third-order valence-electron chi connectivity index (χ3n) is 2.75. The van der Waals surface area contributed by atoms with E-state index in [1.807, 2.05) is 0 Å². The van der Waals surface area contributed by atoms with Gasteiger partial charge in [0.25, 0.3) is 0 Å². The zero-order chi connectivity index (χ0) is 10.4. The van der Waals surface area contributed by atoms with Crippen molar-refractivity contribution in [2.24, 2.45) is 5.73 Å². The molecule has 0 unspecified atom stereocenters. The van der Waals surface area contributed by atoms with E-state index >= 15 is 0 Å². The van der Waals surface area contributed by atoms with Gasteiger partial charge in [-0.05, 0) is 45.3 Å². The number of nitrogens with two attached hydrogens (primary N) is 1. The Kier molecular flexibility index (Phi) is 4.90. The second-order valence-corrected chi connectivity index (χ2v) is 4.03. The van der Waals surface area contributed by atoms with Gasteiger partial charge in [0.2, 0.25) is 0 Å². The highest BCUT2D eigenvalue weighted by Gasteiger charge is 2.14. The van der Waals surface area contributed by atoms with E-state index in [2.05, 4.69) is 4.90 Å². The Morgan fingerprint density at radius 2 is 2.00 bits per heavy atom. The predicted molar refractivity (Wildman–Crippen MR) is 55.1 cm³/mol. The summed E-state index contributed by atoms with van der Waals surface area (Å²) in [5, 5.41) is 8.46. The zero-order valence-corrected chi connectivity index (χ0v) is 8.61. The molecule has 4 heteroatoms. The summed E-state index contributed by atoms with van der Waals surface area (Å²) in [5.74, 6) is -0.689. The van der Waals surface area contributed by atoms with Crippen molar-refractivity contribution in [1.82, 2.24) is 4.90 Å². The van der Waals surface area contributed by atoms with Crippen LogP contribution >= 0.6 is 0 Å². The molecule has 1 aliphatic rings. The summed E-state index contributed by atoms with van der Waals surface area (Å²) in [6.45, 7) is 3.18. The number of hydrogen-bond donors (Lipinski definition) is 2. The monoisotopic (exact) mass is 200 g/mol. The van der Waals surface area contributed by atoms with Crippen LogP contribution in [-0.2, 0) is 4.79 Å². The maximum atomic E-state index is 10.3. The van der Waals surface area contributed by atoms with E-state index in [1.165, 1.54) is 0 Å². The fourth-order valence-electron chi connectivity index (χ4n) is 1.79. The number of rotatable bonds is 5. The standard InChI is InChI=1S/C10H20N2O2/c11-9-4-7-12(8-5-9)6-2-1-3-10(13)14/h9H,1-8,11H2,(H,13,14). The molecule has 82 valence electrons. The number of aliphatic carboxylic acids is 1. The van der Waals surface area contributed by atoms with Crippen molar-refractivity contribution in [2.45, 2.75) is 38.1 Å². The average Bonchev–Trinajstić information content (AvgIpc) is 2.15. The van der Waals surface area contributed by atoms with Crippen molar-refractivity contribution in [3.8, 4) is 0 Å². The Balaban J connectivity index is 1.99. The third-order valence-corrected chi connectivity index (χ3v) is 2.75. The molecule has 0 atom stereocenters. The lowest BCUT2D eigenvalue weighted by Crippen LogP contribution is -2.40. The van der Waals surface area contributed by atoms with Crippen LogP contribution in [0.1, 0.15) is 32.1 Å². The van der Waals surface area contributed by atoms with E-state index in [0.717, 1.165) is 45.3 Å². The van der Waals surface area contributed by atoms with Crippen LogP contribution in [0.2, 0.25) is 0 Å². The molecule has 0 bridgehead atoms. The molecular formula is C10H20N2O2. The Morgan fingerprint density at radius 3 is 2.57 bits per heavy atom. The van der Waals surface area contributed by atoms with E-state index in [-0.39, 0.29) is 0 Å². The molecule has 0 saturated carbocycles. The smallest absolute Gasteiger partial charge is 0.303 e. The van der Waals surface area contributed by atoms with Gasteiger partial charge in [-0.15, -0.1) is 0 Å². The highest BCUT2D eigenvalue weighted by molar-refractivity contribution is 5.66. The number of carbonyl (C=O) groups is 1. The molecule has 14 heavy (non-hydrogen) atoms. The van der Waals surface area contributed by atoms with Gasteiger partial charge in [-0.1, -0.05) is 0 Å². The van der Waals surface area contributed by atoms with E-state index < -0.39 is 5.97 Å². The van der Waals surface area contributed by atoms with E-state index in [9.17, 15) is 4.79 Å². The van der Waals surface area contributed by atoms with Gasteiger partial charge in [0.15, 0.2) is 0 Å². The van der Waals surface area contributed by atoms with Gasteiger partial charge in [-0.2, -0.15) is 0 Å². The minimum absolute atomic E-state index is 0.299. The lowest BCUT2D eigenvalue weighted by Gasteiger charge is -2.29. The predicted octanol–water partition coefficient (Wildman–Crippen LogP) is 0.664. The van der Waals surface area contributed by atoms with Gasteiger partial charge in [0.1, 0.15) is 0 Å². The van der Waals surface area contributed by atoms with E-state index in [4.69, 9.17) is 10.8 Å². The highest BCUT2D eigenvalue weighted by Crippen LogP contribution is 2.09. The molecule has 1 saturated heterocycles. The van der Waals surface area contributed by atoms with Gasteiger partial charge in [-0.3, -0.25) is 4.79 Å². The number of hydrogen-bond acceptors (Lipinski definition) is 3. The molecule has 4 nitrogen and oxygen atoms in total. The molecule has 0 aromatic carbocycles. The van der Waals surface area contributed by atoms with Gasteiger partial charge in [0.05, 0.1) is 0 Å². The van der Waals surface area contributed by atoms with Crippen LogP contribution < -0.4 is 5.73 Å². The van der Waals surface area contributed by atoms with Crippen LogP contribution in [0.3, 0.4) is 0 Å². The molecule has 1 heterocycles. The molecular weight excluding hydrogens is 180 g/mol. The van der Waals surface area contributed by atoms with Crippen molar-refractivity contribution in [1.29, 1.82) is 0 Å². The molecule has 0 radical (unpaired) electrons. The normalized spacial score (nSPS) is 19.8. The van der Waals surface area contributed by atoms with E-state index in [1.54, 1.807) is 0 Å². The maximum Gasteiger partial charge on any atom is 0.303 e. The third kappa shape index (κ3) is 4.58. The molecule has 3 N–H and O–H groups in total. The number of nitrogens with zero attached hydrogens (tertiary/aromatic N) is 1. The molecule has 1 rings (SSSR count). The number of carboxylic acids is 1. The summed E-state index contributed by atoms with van der Waals surface area (Å²) < 4.78 is 0. The quantitative estimate of drug-likeness (QED) is 0.640. The lowest BCUT2D eigenvalue weighted by molar-refractivity contribution is -0.137. The summed E-state index contributed by atoms with van der Waals surface area (Å²) in [7, 11) is 0. The number of piperidine rings is 1. The second kappa shape index (κ2) is 5.98. The summed E-state index contributed by atoms with van der Waals surface area (Å²) >= 11 is 0. The zero-order valence-electron chi connectivity index (χ0n) is 8.61. The molecule has 0 aromatic rings. The van der Waals surface area contributed by atoms with Crippen molar-refractivity contribution < 1.29 is 9.90 Å². The Morgan fingerprint density at radius 1 is 1.36 bits per heavy atom. The summed E-state index contributed by atoms with van der Waals surface area (Å²) in [6, 6.07) is 0.380. The first-order valence-electron chi connectivity index (χ1n) is 5.38. The fourth-order valence-corrected chi connectivity index (χ4v) is 1.79. The SMILES string of the molecule is NC1CCN(CCCCC(=O)O)CC1. The average molecular weight is 200 g/mol. The largest absolute Gasteiger partial charge is 0.481 e. The topological polar surface area (TPSA) is 66.6 Å². The molecule has 0 aromatic heterocycles. The summed E-state index contributed by atoms with van der Waals surface area (Å²) in [6.07, 6.45) is 4.24. The Labute approximate surface area is 85.1 Å².